The average molecular weight is 482 g/mol. The van der Waals surface area contributed by atoms with Crippen LogP contribution in [-0.2, 0) is 6.42 Å². The first-order valence-electron chi connectivity index (χ1n) is 9.94. The number of rotatable bonds is 4. The molecule has 0 bridgehead atoms. The van der Waals surface area contributed by atoms with Gasteiger partial charge >= 0.3 is 6.36 Å². The number of ether oxygens (including phenoxy) is 1. The first-order chi connectivity index (χ1) is 16.0. The van der Waals surface area contributed by atoms with Crippen LogP contribution < -0.4 is 4.74 Å². The van der Waals surface area contributed by atoms with Gasteiger partial charge in [0.1, 0.15) is 17.5 Å². The lowest BCUT2D eigenvalue weighted by atomic mass is 9.95. The van der Waals surface area contributed by atoms with Crippen molar-refractivity contribution in [2.45, 2.75) is 19.7 Å². The van der Waals surface area contributed by atoms with Crippen LogP contribution in [0.2, 0.25) is 0 Å². The summed E-state index contributed by atoms with van der Waals surface area (Å²) in [5, 5.41) is 0.842. The van der Waals surface area contributed by atoms with E-state index in [0.717, 1.165) is 24.1 Å². The summed E-state index contributed by atoms with van der Waals surface area (Å²) < 4.78 is 113. The van der Waals surface area contributed by atoms with Gasteiger partial charge in [0.2, 0.25) is 5.75 Å². The smallest absolute Gasteiger partial charge is 0.399 e. The first-order valence-corrected chi connectivity index (χ1v) is 9.94. The molecule has 34 heavy (non-hydrogen) atoms. The third-order valence-electron chi connectivity index (χ3n) is 5.28. The minimum atomic E-state index is -5.37. The molecule has 4 aromatic rings. The summed E-state index contributed by atoms with van der Waals surface area (Å²) in [5.74, 6) is -8.65. The molecule has 0 unspecified atom stereocenters. The third kappa shape index (κ3) is 4.42. The molecule has 0 heterocycles. The number of hydrogen-bond acceptors (Lipinski definition) is 1. The Kier molecular flexibility index (Phi) is 5.97. The third-order valence-corrected chi connectivity index (χ3v) is 5.28. The quantitative estimate of drug-likeness (QED) is 0.266. The summed E-state index contributed by atoms with van der Waals surface area (Å²) in [6, 6.07) is 10.2. The number of hydrogen-bond donors (Lipinski definition) is 0. The van der Waals surface area contributed by atoms with Crippen LogP contribution in [0, 0.1) is 29.1 Å². The van der Waals surface area contributed by atoms with Gasteiger partial charge < -0.3 is 4.74 Å². The molecule has 0 saturated heterocycles. The van der Waals surface area contributed by atoms with Crippen LogP contribution in [0.4, 0.5) is 35.1 Å². The molecule has 0 amide bonds. The zero-order valence-electron chi connectivity index (χ0n) is 17.3. The van der Waals surface area contributed by atoms with Crippen molar-refractivity contribution in [3.05, 3.63) is 89.2 Å². The van der Waals surface area contributed by atoms with Gasteiger partial charge in [0.25, 0.3) is 0 Å². The molecule has 0 saturated carbocycles. The highest BCUT2D eigenvalue weighted by molar-refractivity contribution is 5.89. The van der Waals surface area contributed by atoms with Crippen LogP contribution in [0.3, 0.4) is 0 Å². The van der Waals surface area contributed by atoms with E-state index >= 15 is 4.39 Å². The average Bonchev–Trinajstić information content (AvgIpc) is 2.75. The van der Waals surface area contributed by atoms with E-state index in [0.29, 0.717) is 17.5 Å². The van der Waals surface area contributed by atoms with E-state index in [-0.39, 0.29) is 16.5 Å². The normalized spacial score (nSPS) is 11.8. The van der Waals surface area contributed by atoms with Gasteiger partial charge in [0, 0.05) is 10.9 Å². The Morgan fingerprint density at radius 1 is 0.706 bits per heavy atom. The zero-order chi connectivity index (χ0) is 24.8. The Morgan fingerprint density at radius 3 is 1.85 bits per heavy atom. The Bertz CT molecular complexity index is 1360. The van der Waals surface area contributed by atoms with Crippen LogP contribution >= 0.6 is 0 Å². The maximum Gasteiger partial charge on any atom is 0.573 e. The first kappa shape index (κ1) is 23.5. The van der Waals surface area contributed by atoms with Gasteiger partial charge in [-0.1, -0.05) is 37.3 Å². The molecule has 4 aromatic carbocycles. The summed E-state index contributed by atoms with van der Waals surface area (Å²) in [7, 11) is 0. The monoisotopic (exact) mass is 482 g/mol. The number of aryl methyl sites for hydroxylation is 1. The number of alkyl halides is 3. The van der Waals surface area contributed by atoms with Crippen molar-refractivity contribution < 1.29 is 39.9 Å². The molecular formula is C25H14F8O. The summed E-state index contributed by atoms with van der Waals surface area (Å²) in [5.41, 5.74) is -0.888. The zero-order valence-corrected chi connectivity index (χ0v) is 17.3. The Morgan fingerprint density at radius 2 is 1.29 bits per heavy atom. The highest BCUT2D eigenvalue weighted by Crippen LogP contribution is 2.37. The van der Waals surface area contributed by atoms with Gasteiger partial charge in [-0.05, 0) is 52.8 Å². The van der Waals surface area contributed by atoms with Crippen LogP contribution in [0.1, 0.15) is 12.5 Å². The summed E-state index contributed by atoms with van der Waals surface area (Å²) >= 11 is 0. The molecule has 0 spiro atoms. The second kappa shape index (κ2) is 8.62. The van der Waals surface area contributed by atoms with E-state index in [1.165, 1.54) is 6.07 Å². The fraction of sp³-hybridized carbons (Fsp3) is 0.120. The van der Waals surface area contributed by atoms with Crippen LogP contribution in [0.5, 0.6) is 5.75 Å². The summed E-state index contributed by atoms with van der Waals surface area (Å²) in [6.45, 7) is 1.94. The minimum Gasteiger partial charge on any atom is -0.399 e. The Hall–Kier alpha value is -3.62. The highest BCUT2D eigenvalue weighted by Gasteiger charge is 2.34. The predicted molar refractivity (Wildman–Crippen MR) is 111 cm³/mol. The fourth-order valence-electron chi connectivity index (χ4n) is 3.71. The topological polar surface area (TPSA) is 9.23 Å². The molecule has 4 rings (SSSR count). The van der Waals surface area contributed by atoms with Crippen molar-refractivity contribution in [2.75, 3.05) is 0 Å². The van der Waals surface area contributed by atoms with Crippen molar-refractivity contribution in [1.29, 1.82) is 0 Å². The summed E-state index contributed by atoms with van der Waals surface area (Å²) in [4.78, 5) is 0. The van der Waals surface area contributed by atoms with E-state index in [4.69, 9.17) is 0 Å². The minimum absolute atomic E-state index is 0.104. The second-order valence-corrected chi connectivity index (χ2v) is 7.47. The van der Waals surface area contributed by atoms with Crippen LogP contribution in [-0.4, -0.2) is 6.36 Å². The lowest BCUT2D eigenvalue weighted by molar-refractivity contribution is -0.276. The molecule has 0 radical (unpaired) electrons. The van der Waals surface area contributed by atoms with Crippen molar-refractivity contribution in [2.24, 2.45) is 0 Å². The standard InChI is InChI=1S/C25H14F8O/c1-2-12-3-5-16-13(7-12)4-6-17(23(16)30)14-8-18(26)22(19(27)9-14)15-10-20(28)24(21(29)11-15)34-25(31,32)33/h3-11H,2H2,1H3. The van der Waals surface area contributed by atoms with Gasteiger partial charge in [0.15, 0.2) is 11.6 Å². The molecule has 0 aliphatic rings. The maximum absolute atomic E-state index is 15.1. The van der Waals surface area contributed by atoms with Crippen molar-refractivity contribution in [1.82, 2.24) is 0 Å². The lowest BCUT2D eigenvalue weighted by Crippen LogP contribution is -2.19. The molecule has 0 N–H and O–H groups in total. The summed E-state index contributed by atoms with van der Waals surface area (Å²) in [6.07, 6.45) is -4.63. The van der Waals surface area contributed by atoms with E-state index in [1.54, 1.807) is 24.3 Å². The molecule has 1 nitrogen and oxygen atoms in total. The van der Waals surface area contributed by atoms with Crippen LogP contribution in [0.15, 0.2) is 54.6 Å². The molecule has 176 valence electrons. The second-order valence-electron chi connectivity index (χ2n) is 7.47. The van der Waals surface area contributed by atoms with Gasteiger partial charge in [-0.25, -0.2) is 22.0 Å². The highest BCUT2D eigenvalue weighted by atomic mass is 19.4. The van der Waals surface area contributed by atoms with E-state index in [1.807, 2.05) is 6.92 Å². The fourth-order valence-corrected chi connectivity index (χ4v) is 3.71. The number of halogens is 8. The molecule has 0 aliphatic heterocycles. The molecule has 9 heteroatoms. The molecular weight excluding hydrogens is 468 g/mol. The van der Waals surface area contributed by atoms with Crippen molar-refractivity contribution >= 4 is 10.8 Å². The molecule has 0 fully saturated rings. The molecule has 0 aromatic heterocycles. The van der Waals surface area contributed by atoms with E-state index in [9.17, 15) is 30.7 Å². The van der Waals surface area contributed by atoms with E-state index in [2.05, 4.69) is 4.74 Å². The largest absolute Gasteiger partial charge is 0.573 e. The van der Waals surface area contributed by atoms with Crippen molar-refractivity contribution in [3.8, 4) is 28.0 Å². The number of fused-ring (bicyclic) bond motifs is 1. The lowest BCUT2D eigenvalue weighted by Gasteiger charge is -2.14. The molecule has 0 aliphatic carbocycles. The SMILES string of the molecule is CCc1ccc2c(F)c(-c3cc(F)c(-c4cc(F)c(OC(F)(F)F)c(F)c4)c(F)c3)ccc2c1. The van der Waals surface area contributed by atoms with Gasteiger partial charge in [-0.3, -0.25) is 0 Å². The Labute approximate surface area is 188 Å². The van der Waals surface area contributed by atoms with Crippen molar-refractivity contribution in [3.63, 3.8) is 0 Å². The molecule has 0 atom stereocenters. The Balaban J connectivity index is 1.79. The van der Waals surface area contributed by atoms with Gasteiger partial charge in [0.05, 0.1) is 5.56 Å². The number of benzene rings is 4. The van der Waals surface area contributed by atoms with Gasteiger partial charge in [-0.2, -0.15) is 0 Å². The predicted octanol–water partition coefficient (Wildman–Crippen LogP) is 8.33. The van der Waals surface area contributed by atoms with E-state index < -0.39 is 52.3 Å². The van der Waals surface area contributed by atoms with Gasteiger partial charge in [-0.15, -0.1) is 13.2 Å². The van der Waals surface area contributed by atoms with Crippen LogP contribution in [0.25, 0.3) is 33.0 Å². The maximum atomic E-state index is 15.1.